The summed E-state index contributed by atoms with van der Waals surface area (Å²) in [6, 6.07) is 0. The van der Waals surface area contributed by atoms with Crippen LogP contribution in [0.4, 0.5) is 0 Å². The molecular formula is C11H22N4O3S. The molecule has 0 spiro atoms. The SMILES string of the molecule is NC(=NO)C1CCCN(S(=O)(=O)N2CCCCC2)C1. The van der Waals surface area contributed by atoms with Crippen LogP contribution in [0.1, 0.15) is 32.1 Å². The number of oxime groups is 1. The maximum Gasteiger partial charge on any atom is 0.281 e. The summed E-state index contributed by atoms with van der Waals surface area (Å²) in [6.45, 7) is 2.04. The van der Waals surface area contributed by atoms with Crippen LogP contribution in [0.15, 0.2) is 5.16 Å². The Hall–Kier alpha value is -0.860. The van der Waals surface area contributed by atoms with Gasteiger partial charge < -0.3 is 10.9 Å². The highest BCUT2D eigenvalue weighted by Crippen LogP contribution is 2.23. The van der Waals surface area contributed by atoms with E-state index in [1.54, 1.807) is 4.31 Å². The second-order valence-electron chi connectivity index (χ2n) is 5.19. The number of hydrogen-bond acceptors (Lipinski definition) is 4. The molecule has 0 bridgehead atoms. The van der Waals surface area contributed by atoms with E-state index in [-0.39, 0.29) is 11.8 Å². The van der Waals surface area contributed by atoms with Gasteiger partial charge in [0.1, 0.15) is 5.84 Å². The third-order valence-electron chi connectivity index (χ3n) is 3.89. The normalized spacial score (nSPS) is 28.4. The predicted octanol–water partition coefficient (Wildman–Crippen LogP) is 0.175. The zero-order valence-electron chi connectivity index (χ0n) is 11.0. The van der Waals surface area contributed by atoms with Crippen LogP contribution in [0.5, 0.6) is 0 Å². The van der Waals surface area contributed by atoms with Gasteiger partial charge in [0, 0.05) is 32.1 Å². The Bertz CT molecular complexity index is 431. The van der Waals surface area contributed by atoms with Crippen LogP contribution < -0.4 is 5.73 Å². The fourth-order valence-electron chi connectivity index (χ4n) is 2.73. The van der Waals surface area contributed by atoms with E-state index < -0.39 is 10.2 Å². The average molecular weight is 290 g/mol. The summed E-state index contributed by atoms with van der Waals surface area (Å²) < 4.78 is 28.0. The van der Waals surface area contributed by atoms with E-state index in [0.717, 1.165) is 32.1 Å². The van der Waals surface area contributed by atoms with Crippen molar-refractivity contribution in [1.82, 2.24) is 8.61 Å². The Morgan fingerprint density at radius 1 is 1.11 bits per heavy atom. The fourth-order valence-corrected chi connectivity index (χ4v) is 4.51. The number of piperidine rings is 2. The molecule has 2 aliphatic heterocycles. The Balaban J connectivity index is 2.07. The zero-order chi connectivity index (χ0) is 13.9. The first-order valence-corrected chi connectivity index (χ1v) is 8.18. The third kappa shape index (κ3) is 3.18. The van der Waals surface area contributed by atoms with Gasteiger partial charge in [-0.15, -0.1) is 0 Å². The van der Waals surface area contributed by atoms with Crippen molar-refractivity contribution in [3.8, 4) is 0 Å². The van der Waals surface area contributed by atoms with Crippen molar-refractivity contribution in [2.24, 2.45) is 16.8 Å². The second kappa shape index (κ2) is 6.06. The van der Waals surface area contributed by atoms with E-state index in [2.05, 4.69) is 5.16 Å². The van der Waals surface area contributed by atoms with E-state index in [1.165, 1.54) is 4.31 Å². The molecule has 2 heterocycles. The van der Waals surface area contributed by atoms with Gasteiger partial charge in [-0.1, -0.05) is 11.6 Å². The topological polar surface area (TPSA) is 99.2 Å². The summed E-state index contributed by atoms with van der Waals surface area (Å²) >= 11 is 0. The number of amidine groups is 1. The molecule has 0 aliphatic carbocycles. The molecule has 2 rings (SSSR count). The van der Waals surface area contributed by atoms with E-state index in [9.17, 15) is 8.42 Å². The van der Waals surface area contributed by atoms with Gasteiger partial charge in [-0.25, -0.2) is 0 Å². The van der Waals surface area contributed by atoms with Crippen LogP contribution in [0.25, 0.3) is 0 Å². The number of nitrogens with two attached hydrogens (primary N) is 1. The largest absolute Gasteiger partial charge is 0.409 e. The molecule has 2 saturated heterocycles. The number of hydrogen-bond donors (Lipinski definition) is 2. The molecule has 1 unspecified atom stereocenters. The van der Waals surface area contributed by atoms with Crippen LogP contribution in [0.2, 0.25) is 0 Å². The first-order valence-electron chi connectivity index (χ1n) is 6.78. The summed E-state index contributed by atoms with van der Waals surface area (Å²) in [4.78, 5) is 0. The molecule has 0 amide bonds. The van der Waals surface area contributed by atoms with Gasteiger partial charge in [0.2, 0.25) is 0 Å². The van der Waals surface area contributed by atoms with E-state index >= 15 is 0 Å². The van der Waals surface area contributed by atoms with E-state index in [1.807, 2.05) is 0 Å². The lowest BCUT2D eigenvalue weighted by Gasteiger charge is -2.36. The molecule has 2 fully saturated rings. The Kier molecular flexibility index (Phi) is 4.64. The first kappa shape index (κ1) is 14.5. The molecule has 110 valence electrons. The summed E-state index contributed by atoms with van der Waals surface area (Å²) in [5.74, 6) is -0.0585. The number of nitrogens with zero attached hydrogens (tertiary/aromatic N) is 3. The van der Waals surface area contributed by atoms with Crippen LogP contribution in [0.3, 0.4) is 0 Å². The van der Waals surface area contributed by atoms with Crippen molar-refractivity contribution in [1.29, 1.82) is 0 Å². The molecule has 0 aromatic heterocycles. The first-order chi connectivity index (χ1) is 9.05. The van der Waals surface area contributed by atoms with Crippen molar-refractivity contribution in [2.45, 2.75) is 32.1 Å². The summed E-state index contributed by atoms with van der Waals surface area (Å²) in [6.07, 6.45) is 4.46. The third-order valence-corrected chi connectivity index (χ3v) is 5.89. The van der Waals surface area contributed by atoms with Crippen molar-refractivity contribution in [3.05, 3.63) is 0 Å². The van der Waals surface area contributed by atoms with Crippen molar-refractivity contribution in [3.63, 3.8) is 0 Å². The van der Waals surface area contributed by atoms with Gasteiger partial charge in [0.15, 0.2) is 0 Å². The van der Waals surface area contributed by atoms with Crippen molar-refractivity contribution >= 4 is 16.0 Å². The summed E-state index contributed by atoms with van der Waals surface area (Å²) in [5.41, 5.74) is 5.60. The minimum Gasteiger partial charge on any atom is -0.409 e. The van der Waals surface area contributed by atoms with Gasteiger partial charge in [-0.05, 0) is 25.7 Å². The molecule has 3 N–H and O–H groups in total. The van der Waals surface area contributed by atoms with Gasteiger partial charge >= 0.3 is 0 Å². The van der Waals surface area contributed by atoms with Gasteiger partial charge in [0.05, 0.1) is 0 Å². The standard InChI is InChI=1S/C11H22N4O3S/c12-11(13-16)10-5-4-8-15(9-10)19(17,18)14-6-2-1-3-7-14/h10,16H,1-9H2,(H2,12,13). The lowest BCUT2D eigenvalue weighted by Crippen LogP contribution is -2.51. The fraction of sp³-hybridized carbons (Fsp3) is 0.909. The highest BCUT2D eigenvalue weighted by Gasteiger charge is 2.35. The van der Waals surface area contributed by atoms with Gasteiger partial charge in [0.25, 0.3) is 10.2 Å². The molecular weight excluding hydrogens is 268 g/mol. The van der Waals surface area contributed by atoms with Crippen LogP contribution in [-0.2, 0) is 10.2 Å². The molecule has 19 heavy (non-hydrogen) atoms. The quantitative estimate of drug-likeness (QED) is 0.335. The van der Waals surface area contributed by atoms with E-state index in [4.69, 9.17) is 10.9 Å². The van der Waals surface area contributed by atoms with Crippen LogP contribution in [-0.4, -0.2) is 54.3 Å². The minimum absolute atomic E-state index is 0.124. The summed E-state index contributed by atoms with van der Waals surface area (Å²) in [5, 5.41) is 11.7. The predicted molar refractivity (Wildman–Crippen MR) is 72.0 cm³/mol. The monoisotopic (exact) mass is 290 g/mol. The Morgan fingerprint density at radius 3 is 2.37 bits per heavy atom. The molecule has 0 aromatic rings. The van der Waals surface area contributed by atoms with Gasteiger partial charge in [-0.2, -0.15) is 17.0 Å². The molecule has 7 nitrogen and oxygen atoms in total. The highest BCUT2D eigenvalue weighted by molar-refractivity contribution is 7.86. The maximum absolute atomic E-state index is 12.5. The van der Waals surface area contributed by atoms with E-state index in [0.29, 0.717) is 26.2 Å². The maximum atomic E-state index is 12.5. The zero-order valence-corrected chi connectivity index (χ0v) is 11.8. The summed E-state index contributed by atoms with van der Waals surface area (Å²) in [7, 11) is -3.39. The molecule has 0 radical (unpaired) electrons. The van der Waals surface area contributed by atoms with Crippen LogP contribution in [0, 0.1) is 5.92 Å². The van der Waals surface area contributed by atoms with Crippen molar-refractivity contribution in [2.75, 3.05) is 26.2 Å². The smallest absolute Gasteiger partial charge is 0.281 e. The lowest BCUT2D eigenvalue weighted by molar-refractivity contribution is 0.258. The Morgan fingerprint density at radius 2 is 1.74 bits per heavy atom. The highest BCUT2D eigenvalue weighted by atomic mass is 32.2. The minimum atomic E-state index is -3.39. The average Bonchev–Trinajstić information content (AvgIpc) is 2.47. The number of rotatable bonds is 3. The van der Waals surface area contributed by atoms with Crippen molar-refractivity contribution < 1.29 is 13.6 Å². The second-order valence-corrected chi connectivity index (χ2v) is 7.12. The molecule has 0 saturated carbocycles. The molecule has 8 heteroatoms. The Labute approximate surface area is 114 Å². The molecule has 2 aliphatic rings. The molecule has 0 aromatic carbocycles. The van der Waals surface area contributed by atoms with Crippen LogP contribution >= 0.6 is 0 Å². The van der Waals surface area contributed by atoms with Gasteiger partial charge in [-0.3, -0.25) is 0 Å². The lowest BCUT2D eigenvalue weighted by atomic mass is 9.99. The molecule has 1 atom stereocenters.